The molecule has 16 nitrogen and oxygen atoms in total. The SMILES string of the molecule is COc1cc(N2CCC(CN3CCC(n4cc5cc(NC(=O)c6ccc7nccn7n6)c(N6CCCC(F)C6)cc5n4)CC3)CC2)ccc1C(=O)NC1CCC(=O)NC1=O. The molecule has 314 valence electrons. The number of hydrogen-bond donors (Lipinski definition) is 3. The van der Waals surface area contributed by atoms with Crippen molar-refractivity contribution in [1.29, 1.82) is 0 Å². The maximum atomic E-state index is 14.7. The van der Waals surface area contributed by atoms with Gasteiger partial charge in [-0.05, 0) is 87.3 Å². The van der Waals surface area contributed by atoms with Crippen LogP contribution in [-0.4, -0.2) is 118 Å². The second kappa shape index (κ2) is 16.9. The van der Waals surface area contributed by atoms with Gasteiger partial charge in [-0.25, -0.2) is 13.9 Å². The Morgan fingerprint density at radius 1 is 0.917 bits per heavy atom. The fourth-order valence-corrected chi connectivity index (χ4v) is 9.13. The second-order valence-electron chi connectivity index (χ2n) is 16.4. The summed E-state index contributed by atoms with van der Waals surface area (Å²) >= 11 is 0. The number of likely N-dealkylation sites (tertiary alicyclic amines) is 1. The molecule has 3 N–H and O–H groups in total. The van der Waals surface area contributed by atoms with E-state index < -0.39 is 24.0 Å². The summed E-state index contributed by atoms with van der Waals surface area (Å²) < 4.78 is 23.9. The molecule has 2 atom stereocenters. The molecule has 4 fully saturated rings. The number of nitrogens with zero attached hydrogens (tertiary/aromatic N) is 8. The molecule has 0 bridgehead atoms. The van der Waals surface area contributed by atoms with E-state index in [0.717, 1.165) is 87.1 Å². The third-order valence-electron chi connectivity index (χ3n) is 12.5. The second-order valence-corrected chi connectivity index (χ2v) is 16.4. The number of nitrogens with one attached hydrogen (secondary N) is 3. The monoisotopic (exact) mass is 819 g/mol. The van der Waals surface area contributed by atoms with Crippen molar-refractivity contribution in [3.8, 4) is 5.75 Å². The number of piperidine rings is 4. The summed E-state index contributed by atoms with van der Waals surface area (Å²) in [7, 11) is 1.53. The first-order valence-electron chi connectivity index (χ1n) is 21.0. The number of carbonyl (C=O) groups is 4. The van der Waals surface area contributed by atoms with E-state index in [4.69, 9.17) is 9.84 Å². The van der Waals surface area contributed by atoms with Crippen LogP contribution in [0.2, 0.25) is 0 Å². The first kappa shape index (κ1) is 39.4. The van der Waals surface area contributed by atoms with Crippen LogP contribution in [0.15, 0.2) is 61.1 Å². The van der Waals surface area contributed by atoms with Crippen LogP contribution in [0, 0.1) is 5.92 Å². The quantitative estimate of drug-likeness (QED) is 0.171. The molecule has 0 radical (unpaired) electrons. The number of fused-ring (bicyclic) bond motifs is 2. The Labute approximate surface area is 346 Å². The number of halogens is 1. The maximum absolute atomic E-state index is 14.7. The van der Waals surface area contributed by atoms with Crippen LogP contribution in [-0.2, 0) is 9.59 Å². The standard InChI is InChI=1S/C43H50FN11O5/c1-60-38-22-31(4-5-32(38)41(57)46-33-7-9-40(56)48-42(33)58)52-18-10-27(11-19-52)24-51-16-12-30(13-17-51)55-25-28-21-36(37(23-35(28)50-55)53-15-2-3-29(44)26-53)47-43(59)34-6-8-39-45-14-20-54(39)49-34/h4-6,8,14,20-23,25,27,29-30,33H,2-3,7,9-13,15-19,24,26H2,1H3,(H,46,57)(H,47,59)(H,48,56,58). The number of amides is 4. The average Bonchev–Trinajstić information content (AvgIpc) is 3.91. The van der Waals surface area contributed by atoms with Gasteiger partial charge in [-0.2, -0.15) is 10.2 Å². The van der Waals surface area contributed by atoms with E-state index in [0.29, 0.717) is 41.5 Å². The normalized spacial score (nSPS) is 21.0. The molecular formula is C43H50FN11O5. The number of carbonyl (C=O) groups excluding carboxylic acids is 4. The Hall–Kier alpha value is -6.10. The summed E-state index contributed by atoms with van der Waals surface area (Å²) in [5, 5.41) is 18.4. The minimum Gasteiger partial charge on any atom is -0.496 e. The van der Waals surface area contributed by atoms with Gasteiger partial charge in [0.25, 0.3) is 11.8 Å². The van der Waals surface area contributed by atoms with Crippen LogP contribution in [0.1, 0.15) is 78.3 Å². The molecule has 0 spiro atoms. The minimum absolute atomic E-state index is 0.186. The highest BCUT2D eigenvalue weighted by Crippen LogP contribution is 2.36. The van der Waals surface area contributed by atoms with Crippen LogP contribution < -0.4 is 30.5 Å². The van der Waals surface area contributed by atoms with Crippen molar-refractivity contribution < 1.29 is 28.3 Å². The molecule has 5 aromatic rings. The van der Waals surface area contributed by atoms with E-state index in [1.807, 2.05) is 29.2 Å². The highest BCUT2D eigenvalue weighted by atomic mass is 19.1. The predicted octanol–water partition coefficient (Wildman–Crippen LogP) is 4.37. The molecule has 0 aliphatic carbocycles. The van der Waals surface area contributed by atoms with Crippen LogP contribution >= 0.6 is 0 Å². The third-order valence-corrected chi connectivity index (χ3v) is 12.5. The zero-order valence-corrected chi connectivity index (χ0v) is 33.7. The summed E-state index contributed by atoms with van der Waals surface area (Å²) in [5.41, 5.74) is 4.43. The molecule has 2 aromatic carbocycles. The summed E-state index contributed by atoms with van der Waals surface area (Å²) in [4.78, 5) is 61.3. The Kier molecular flexibility index (Phi) is 11.1. The Bertz CT molecular complexity index is 2420. The highest BCUT2D eigenvalue weighted by molar-refractivity contribution is 6.07. The van der Waals surface area contributed by atoms with Crippen LogP contribution in [0.4, 0.5) is 21.5 Å². The van der Waals surface area contributed by atoms with Gasteiger partial charge in [0, 0.05) is 88.0 Å². The highest BCUT2D eigenvalue weighted by Gasteiger charge is 2.31. The molecule has 3 aromatic heterocycles. The molecule has 4 aliphatic heterocycles. The molecule has 0 saturated carbocycles. The van der Waals surface area contributed by atoms with Gasteiger partial charge < -0.3 is 30.1 Å². The van der Waals surface area contributed by atoms with Gasteiger partial charge in [0.2, 0.25) is 11.8 Å². The molecule has 60 heavy (non-hydrogen) atoms. The number of aromatic nitrogens is 5. The van der Waals surface area contributed by atoms with Crippen molar-refractivity contribution in [3.63, 3.8) is 0 Å². The average molecular weight is 820 g/mol. The molecule has 9 rings (SSSR count). The number of ether oxygens (including phenoxy) is 1. The van der Waals surface area contributed by atoms with E-state index in [9.17, 15) is 23.6 Å². The fraction of sp³-hybridized carbons (Fsp3) is 0.465. The summed E-state index contributed by atoms with van der Waals surface area (Å²) in [6, 6.07) is 12.4. The molecule has 2 unspecified atom stereocenters. The number of rotatable bonds is 10. The Morgan fingerprint density at radius 2 is 1.75 bits per heavy atom. The Balaban J connectivity index is 0.802. The lowest BCUT2D eigenvalue weighted by molar-refractivity contribution is -0.134. The van der Waals surface area contributed by atoms with Crippen molar-refractivity contribution in [2.24, 2.45) is 5.92 Å². The van der Waals surface area contributed by atoms with Crippen molar-refractivity contribution in [2.75, 3.05) is 68.0 Å². The molecule has 17 heteroatoms. The van der Waals surface area contributed by atoms with Gasteiger partial charge in [-0.3, -0.25) is 29.2 Å². The summed E-state index contributed by atoms with van der Waals surface area (Å²) in [6.45, 7) is 5.77. The molecule has 4 amide bonds. The van der Waals surface area contributed by atoms with E-state index in [2.05, 4.69) is 46.7 Å². The number of alkyl halides is 1. The van der Waals surface area contributed by atoms with Crippen LogP contribution in [0.3, 0.4) is 0 Å². The van der Waals surface area contributed by atoms with Gasteiger partial charge in [0.15, 0.2) is 5.65 Å². The van der Waals surface area contributed by atoms with Crippen molar-refractivity contribution >= 4 is 57.2 Å². The third kappa shape index (κ3) is 8.35. The lowest BCUT2D eigenvalue weighted by Gasteiger charge is -2.38. The lowest BCUT2D eigenvalue weighted by Crippen LogP contribution is -2.52. The van der Waals surface area contributed by atoms with E-state index in [-0.39, 0.29) is 42.9 Å². The minimum atomic E-state index is -0.933. The van der Waals surface area contributed by atoms with E-state index in [1.165, 1.54) is 7.11 Å². The van der Waals surface area contributed by atoms with E-state index >= 15 is 0 Å². The largest absolute Gasteiger partial charge is 0.496 e. The summed E-state index contributed by atoms with van der Waals surface area (Å²) in [5.74, 6) is -0.568. The predicted molar refractivity (Wildman–Crippen MR) is 223 cm³/mol. The zero-order chi connectivity index (χ0) is 41.3. The number of anilines is 3. The molecular weight excluding hydrogens is 770 g/mol. The molecule has 7 heterocycles. The lowest BCUT2D eigenvalue weighted by atomic mass is 9.94. The van der Waals surface area contributed by atoms with Gasteiger partial charge in [-0.15, -0.1) is 0 Å². The Morgan fingerprint density at radius 3 is 2.53 bits per heavy atom. The number of methoxy groups -OCH3 is 1. The fourth-order valence-electron chi connectivity index (χ4n) is 9.13. The van der Waals surface area contributed by atoms with Gasteiger partial charge in [0.1, 0.15) is 23.7 Å². The topological polar surface area (TPSA) is 171 Å². The van der Waals surface area contributed by atoms with Crippen molar-refractivity contribution in [1.82, 2.24) is 39.9 Å². The number of imide groups is 1. The number of benzene rings is 2. The number of hydrogen-bond acceptors (Lipinski definition) is 11. The molecule has 4 aliphatic rings. The first-order valence-corrected chi connectivity index (χ1v) is 21.0. The molecule has 4 saturated heterocycles. The smallest absolute Gasteiger partial charge is 0.276 e. The number of imidazole rings is 1. The van der Waals surface area contributed by atoms with Gasteiger partial charge in [0.05, 0.1) is 35.6 Å². The zero-order valence-electron chi connectivity index (χ0n) is 33.7. The van der Waals surface area contributed by atoms with Gasteiger partial charge in [-0.1, -0.05) is 0 Å². The maximum Gasteiger partial charge on any atom is 0.276 e. The van der Waals surface area contributed by atoms with Gasteiger partial charge >= 0.3 is 0 Å². The summed E-state index contributed by atoms with van der Waals surface area (Å²) in [6.07, 6.45) is 10.3. The van der Waals surface area contributed by atoms with Crippen molar-refractivity contribution in [3.05, 3.63) is 72.3 Å². The van der Waals surface area contributed by atoms with Crippen molar-refractivity contribution in [2.45, 2.75) is 69.6 Å². The first-order chi connectivity index (χ1) is 29.2. The van der Waals surface area contributed by atoms with Crippen LogP contribution in [0.25, 0.3) is 16.6 Å². The van der Waals surface area contributed by atoms with E-state index in [1.54, 1.807) is 35.1 Å². The van der Waals surface area contributed by atoms with Crippen LogP contribution in [0.5, 0.6) is 5.75 Å².